The molecule has 0 fully saturated rings. The number of unbranched alkanes of at least 4 members (excludes halogenated alkanes) is 2. The van der Waals surface area contributed by atoms with E-state index in [0.717, 1.165) is 25.0 Å². The van der Waals surface area contributed by atoms with Crippen molar-refractivity contribution in [2.24, 2.45) is 0 Å². The average Bonchev–Trinajstić information content (AvgIpc) is 1.98. The van der Waals surface area contributed by atoms with E-state index in [-0.39, 0.29) is 6.61 Å². The molecule has 62 valence electrons. The highest BCUT2D eigenvalue weighted by Crippen LogP contribution is 2.03. The number of hydrogen-bond donors (Lipinski definition) is 3. The van der Waals surface area contributed by atoms with Crippen molar-refractivity contribution in [1.29, 1.82) is 0 Å². The Morgan fingerprint density at radius 3 is 2.40 bits per heavy atom. The molecule has 2 nitrogen and oxygen atoms in total. The molecule has 0 heterocycles. The molecule has 0 spiro atoms. The average molecular weight is 164 g/mol. The molecule has 0 rings (SSSR count). The minimum atomic E-state index is -0.514. The van der Waals surface area contributed by atoms with Crippen molar-refractivity contribution >= 4 is 12.6 Å². The van der Waals surface area contributed by atoms with Gasteiger partial charge in [0.1, 0.15) is 0 Å². The maximum atomic E-state index is 8.89. The number of aliphatic hydroxyl groups excluding tert-OH is 2. The van der Waals surface area contributed by atoms with Gasteiger partial charge in [0.25, 0.3) is 0 Å². The Kier molecular flexibility index (Phi) is 7.58. The minimum Gasteiger partial charge on any atom is -0.394 e. The van der Waals surface area contributed by atoms with E-state index in [4.69, 9.17) is 10.2 Å². The van der Waals surface area contributed by atoms with Gasteiger partial charge in [-0.05, 0) is 18.6 Å². The molecule has 0 radical (unpaired) electrons. The van der Waals surface area contributed by atoms with Crippen molar-refractivity contribution in [3.05, 3.63) is 0 Å². The molecule has 0 aliphatic rings. The Bertz CT molecular complexity index is 68.6. The first-order valence-corrected chi connectivity index (χ1v) is 4.34. The van der Waals surface area contributed by atoms with Crippen molar-refractivity contribution < 1.29 is 10.2 Å². The van der Waals surface area contributed by atoms with Gasteiger partial charge in [0.05, 0.1) is 12.7 Å². The molecule has 10 heavy (non-hydrogen) atoms. The molecular weight excluding hydrogens is 148 g/mol. The van der Waals surface area contributed by atoms with Gasteiger partial charge in [-0.15, -0.1) is 0 Å². The summed E-state index contributed by atoms with van der Waals surface area (Å²) in [4.78, 5) is 0. The first kappa shape index (κ1) is 10.3. The van der Waals surface area contributed by atoms with Crippen LogP contribution in [0, 0.1) is 0 Å². The first-order valence-electron chi connectivity index (χ1n) is 3.71. The van der Waals surface area contributed by atoms with E-state index >= 15 is 0 Å². The van der Waals surface area contributed by atoms with Crippen LogP contribution in [0.3, 0.4) is 0 Å². The van der Waals surface area contributed by atoms with Gasteiger partial charge in [-0.25, -0.2) is 0 Å². The van der Waals surface area contributed by atoms with Gasteiger partial charge < -0.3 is 10.2 Å². The summed E-state index contributed by atoms with van der Waals surface area (Å²) in [6.07, 6.45) is 3.38. The molecule has 0 aliphatic heterocycles. The molecule has 0 aromatic rings. The van der Waals surface area contributed by atoms with Crippen LogP contribution in [0.4, 0.5) is 0 Å². The SMILES string of the molecule is OCC(O)CCCCCS. The fraction of sp³-hybridized carbons (Fsp3) is 1.00. The van der Waals surface area contributed by atoms with Crippen LogP contribution >= 0.6 is 12.6 Å². The Morgan fingerprint density at radius 1 is 1.20 bits per heavy atom. The van der Waals surface area contributed by atoms with Crippen LogP contribution in [0.1, 0.15) is 25.7 Å². The molecule has 2 N–H and O–H groups in total. The van der Waals surface area contributed by atoms with Crippen LogP contribution in [0.25, 0.3) is 0 Å². The van der Waals surface area contributed by atoms with E-state index in [9.17, 15) is 0 Å². The molecule has 1 atom stereocenters. The van der Waals surface area contributed by atoms with E-state index < -0.39 is 6.10 Å². The van der Waals surface area contributed by atoms with Gasteiger partial charge in [0.2, 0.25) is 0 Å². The maximum absolute atomic E-state index is 8.89. The highest BCUT2D eigenvalue weighted by atomic mass is 32.1. The second-order valence-electron chi connectivity index (χ2n) is 2.41. The van der Waals surface area contributed by atoms with Gasteiger partial charge in [0, 0.05) is 0 Å². The third kappa shape index (κ3) is 6.39. The Hall–Kier alpha value is 0.270. The molecule has 0 saturated carbocycles. The summed E-state index contributed by atoms with van der Waals surface area (Å²) >= 11 is 4.06. The van der Waals surface area contributed by atoms with Crippen molar-refractivity contribution in [2.75, 3.05) is 12.4 Å². The van der Waals surface area contributed by atoms with Crippen molar-refractivity contribution in [2.45, 2.75) is 31.8 Å². The first-order chi connectivity index (χ1) is 4.81. The molecule has 0 bridgehead atoms. The lowest BCUT2D eigenvalue weighted by molar-refractivity contribution is 0.0861. The summed E-state index contributed by atoms with van der Waals surface area (Å²) in [7, 11) is 0. The van der Waals surface area contributed by atoms with Crippen LogP contribution in [0.5, 0.6) is 0 Å². The third-order valence-corrected chi connectivity index (χ3v) is 1.72. The third-order valence-electron chi connectivity index (χ3n) is 1.41. The molecule has 0 aliphatic carbocycles. The molecule has 0 amide bonds. The topological polar surface area (TPSA) is 40.5 Å². The van der Waals surface area contributed by atoms with Crippen molar-refractivity contribution in [3.8, 4) is 0 Å². The normalized spacial score (nSPS) is 13.5. The number of thiol groups is 1. The van der Waals surface area contributed by atoms with Crippen molar-refractivity contribution in [3.63, 3.8) is 0 Å². The standard InChI is InChI=1S/C7H16O2S/c8-6-7(9)4-2-1-3-5-10/h7-10H,1-6H2. The summed E-state index contributed by atoms with van der Waals surface area (Å²) in [5.74, 6) is 0.912. The van der Waals surface area contributed by atoms with E-state index in [2.05, 4.69) is 12.6 Å². The fourth-order valence-electron chi connectivity index (χ4n) is 0.760. The molecule has 0 aromatic heterocycles. The molecule has 3 heteroatoms. The largest absolute Gasteiger partial charge is 0.394 e. The zero-order valence-electron chi connectivity index (χ0n) is 6.16. The number of aliphatic hydroxyl groups is 2. The lowest BCUT2D eigenvalue weighted by Gasteiger charge is -2.04. The monoisotopic (exact) mass is 164 g/mol. The lowest BCUT2D eigenvalue weighted by Crippen LogP contribution is -2.10. The zero-order valence-corrected chi connectivity index (χ0v) is 7.06. The number of rotatable bonds is 6. The van der Waals surface area contributed by atoms with Gasteiger partial charge >= 0.3 is 0 Å². The minimum absolute atomic E-state index is 0.110. The lowest BCUT2D eigenvalue weighted by atomic mass is 10.1. The van der Waals surface area contributed by atoms with Gasteiger partial charge in [-0.1, -0.05) is 12.8 Å². The Balaban J connectivity index is 2.89. The summed E-state index contributed by atoms with van der Waals surface area (Å²) in [6.45, 7) is -0.110. The van der Waals surface area contributed by atoms with Crippen LogP contribution < -0.4 is 0 Å². The summed E-state index contributed by atoms with van der Waals surface area (Å²) in [6, 6.07) is 0. The zero-order chi connectivity index (χ0) is 7.82. The predicted octanol–water partition coefficient (Wildman–Crippen LogP) is 0.830. The predicted molar refractivity (Wildman–Crippen MR) is 45.4 cm³/mol. The van der Waals surface area contributed by atoms with Gasteiger partial charge in [0.15, 0.2) is 0 Å². The van der Waals surface area contributed by atoms with Crippen LogP contribution in [0.2, 0.25) is 0 Å². The second-order valence-corrected chi connectivity index (χ2v) is 2.86. The smallest absolute Gasteiger partial charge is 0.0770 e. The van der Waals surface area contributed by atoms with Crippen LogP contribution in [0.15, 0.2) is 0 Å². The summed E-state index contributed by atoms with van der Waals surface area (Å²) in [5, 5.41) is 17.3. The molecular formula is C7H16O2S. The highest BCUT2D eigenvalue weighted by molar-refractivity contribution is 7.80. The summed E-state index contributed by atoms with van der Waals surface area (Å²) in [5.41, 5.74) is 0. The van der Waals surface area contributed by atoms with Crippen molar-refractivity contribution in [1.82, 2.24) is 0 Å². The van der Waals surface area contributed by atoms with Gasteiger partial charge in [-0.3, -0.25) is 0 Å². The Morgan fingerprint density at radius 2 is 1.90 bits per heavy atom. The quantitative estimate of drug-likeness (QED) is 0.402. The fourth-order valence-corrected chi connectivity index (χ4v) is 0.983. The van der Waals surface area contributed by atoms with E-state index in [1.165, 1.54) is 0 Å². The molecule has 1 unspecified atom stereocenters. The van der Waals surface area contributed by atoms with E-state index in [1.54, 1.807) is 0 Å². The number of hydrogen-bond acceptors (Lipinski definition) is 3. The molecule has 0 saturated heterocycles. The van der Waals surface area contributed by atoms with E-state index in [1.807, 2.05) is 0 Å². The maximum Gasteiger partial charge on any atom is 0.0770 e. The Labute approximate surface area is 67.7 Å². The highest BCUT2D eigenvalue weighted by Gasteiger charge is 1.99. The molecule has 0 aromatic carbocycles. The van der Waals surface area contributed by atoms with Crippen LogP contribution in [-0.4, -0.2) is 28.7 Å². The van der Waals surface area contributed by atoms with E-state index in [0.29, 0.717) is 6.42 Å². The summed E-state index contributed by atoms with van der Waals surface area (Å²) < 4.78 is 0. The second kappa shape index (κ2) is 7.38. The van der Waals surface area contributed by atoms with Gasteiger partial charge in [-0.2, -0.15) is 12.6 Å². The van der Waals surface area contributed by atoms with Crippen LogP contribution in [-0.2, 0) is 0 Å².